The van der Waals surface area contributed by atoms with Crippen LogP contribution >= 0.6 is 0 Å². The van der Waals surface area contributed by atoms with Gasteiger partial charge in [0.15, 0.2) is 0 Å². The molecule has 1 aromatic carbocycles. The third-order valence-electron chi connectivity index (χ3n) is 3.52. The van der Waals surface area contributed by atoms with Crippen molar-refractivity contribution in [2.24, 2.45) is 0 Å². The summed E-state index contributed by atoms with van der Waals surface area (Å²) in [5.41, 5.74) is 1.90. The van der Waals surface area contributed by atoms with E-state index in [9.17, 15) is 14.7 Å². The van der Waals surface area contributed by atoms with E-state index in [1.165, 1.54) is 0 Å². The minimum atomic E-state index is -0.782. The highest BCUT2D eigenvalue weighted by atomic mass is 16.3. The lowest BCUT2D eigenvalue weighted by Crippen LogP contribution is -2.39. The molecule has 1 unspecified atom stereocenters. The summed E-state index contributed by atoms with van der Waals surface area (Å²) >= 11 is 0. The van der Waals surface area contributed by atoms with Gasteiger partial charge in [0.25, 0.3) is 5.91 Å². The molecule has 1 heterocycles. The van der Waals surface area contributed by atoms with E-state index in [-0.39, 0.29) is 24.9 Å². The number of carbonyl (C=O) groups excluding carboxylic acids is 2. The fourth-order valence-corrected chi connectivity index (χ4v) is 2.29. The first-order valence-corrected chi connectivity index (χ1v) is 7.83. The van der Waals surface area contributed by atoms with Crippen molar-refractivity contribution in [3.8, 4) is 0 Å². The lowest BCUT2D eigenvalue weighted by atomic mass is 10.1. The Bertz CT molecular complexity index is 697. The molecule has 1 atom stereocenters. The number of nitrogens with zero attached hydrogens (tertiary/aromatic N) is 2. The predicted octanol–water partition coefficient (Wildman–Crippen LogP) is 0.791. The average Bonchev–Trinajstić information content (AvgIpc) is 2.99. The minimum Gasteiger partial charge on any atom is -0.387 e. The molecule has 0 fully saturated rings. The van der Waals surface area contributed by atoms with Crippen LogP contribution in [0.2, 0.25) is 0 Å². The summed E-state index contributed by atoms with van der Waals surface area (Å²) in [5.74, 6) is -0.714. The van der Waals surface area contributed by atoms with Gasteiger partial charge in [0.05, 0.1) is 18.3 Å². The topological polar surface area (TPSA) is 96.2 Å². The van der Waals surface area contributed by atoms with Crippen LogP contribution in [0.15, 0.2) is 36.4 Å². The summed E-state index contributed by atoms with van der Waals surface area (Å²) in [6.45, 7) is 4.20. The Morgan fingerprint density at radius 1 is 1.25 bits per heavy atom. The van der Waals surface area contributed by atoms with Crippen LogP contribution in [0, 0.1) is 6.92 Å². The Labute approximate surface area is 140 Å². The third-order valence-corrected chi connectivity index (χ3v) is 3.52. The molecule has 128 valence electrons. The van der Waals surface area contributed by atoms with Gasteiger partial charge in [0, 0.05) is 13.1 Å². The van der Waals surface area contributed by atoms with Crippen molar-refractivity contribution in [1.82, 2.24) is 20.4 Å². The molecular weight excluding hydrogens is 308 g/mol. The summed E-state index contributed by atoms with van der Waals surface area (Å²) < 4.78 is 1.59. The second kappa shape index (κ2) is 8.26. The van der Waals surface area contributed by atoms with E-state index in [0.717, 1.165) is 11.3 Å². The Kier molecular flexibility index (Phi) is 6.08. The van der Waals surface area contributed by atoms with Gasteiger partial charge in [-0.15, -0.1) is 0 Å². The molecule has 2 rings (SSSR count). The van der Waals surface area contributed by atoms with E-state index in [1.54, 1.807) is 29.8 Å². The molecular formula is C17H22N4O3. The van der Waals surface area contributed by atoms with Crippen molar-refractivity contribution in [2.45, 2.75) is 26.5 Å². The van der Waals surface area contributed by atoms with Crippen molar-refractivity contribution < 1.29 is 14.7 Å². The van der Waals surface area contributed by atoms with E-state index in [0.29, 0.717) is 12.2 Å². The van der Waals surface area contributed by atoms with Crippen molar-refractivity contribution >= 4 is 11.8 Å². The molecule has 0 saturated heterocycles. The number of hydrogen-bond donors (Lipinski definition) is 3. The van der Waals surface area contributed by atoms with Crippen LogP contribution in [0.1, 0.15) is 34.8 Å². The summed E-state index contributed by atoms with van der Waals surface area (Å²) in [6, 6.07) is 10.7. The standard InChI is InChI=1S/C17H22N4O3/c1-3-21-14(9-12(2)20-21)17(24)19-11-16(23)18-10-15(22)13-7-5-4-6-8-13/h4-9,15,22H,3,10-11H2,1-2H3,(H,18,23)(H,19,24). The van der Waals surface area contributed by atoms with Crippen LogP contribution in [-0.2, 0) is 11.3 Å². The van der Waals surface area contributed by atoms with Crippen molar-refractivity contribution in [1.29, 1.82) is 0 Å². The number of aliphatic hydroxyl groups is 1. The molecule has 2 aromatic rings. The van der Waals surface area contributed by atoms with Crippen LogP contribution in [0.5, 0.6) is 0 Å². The first-order chi connectivity index (χ1) is 11.5. The highest BCUT2D eigenvalue weighted by Gasteiger charge is 2.14. The Morgan fingerprint density at radius 2 is 1.96 bits per heavy atom. The van der Waals surface area contributed by atoms with E-state index in [4.69, 9.17) is 0 Å². The average molecular weight is 330 g/mol. The number of nitrogens with one attached hydrogen (secondary N) is 2. The molecule has 0 saturated carbocycles. The minimum absolute atomic E-state index is 0.0880. The van der Waals surface area contributed by atoms with Gasteiger partial charge in [-0.25, -0.2) is 0 Å². The Morgan fingerprint density at radius 3 is 2.62 bits per heavy atom. The van der Waals surface area contributed by atoms with Crippen LogP contribution in [0.25, 0.3) is 0 Å². The van der Waals surface area contributed by atoms with E-state index in [2.05, 4.69) is 15.7 Å². The van der Waals surface area contributed by atoms with Gasteiger partial charge in [-0.05, 0) is 25.5 Å². The SMILES string of the molecule is CCn1nc(C)cc1C(=O)NCC(=O)NCC(O)c1ccccc1. The largest absolute Gasteiger partial charge is 0.387 e. The van der Waals surface area contributed by atoms with Gasteiger partial charge in [0.2, 0.25) is 5.91 Å². The smallest absolute Gasteiger partial charge is 0.269 e. The van der Waals surface area contributed by atoms with Crippen LogP contribution in [-0.4, -0.2) is 39.8 Å². The second-order valence-corrected chi connectivity index (χ2v) is 5.40. The highest BCUT2D eigenvalue weighted by molar-refractivity contribution is 5.95. The third kappa shape index (κ3) is 4.66. The number of carbonyl (C=O) groups is 2. The molecule has 0 radical (unpaired) electrons. The molecule has 0 aliphatic rings. The van der Waals surface area contributed by atoms with E-state index < -0.39 is 6.10 Å². The number of aromatic nitrogens is 2. The molecule has 24 heavy (non-hydrogen) atoms. The zero-order chi connectivity index (χ0) is 17.5. The molecule has 1 aromatic heterocycles. The van der Waals surface area contributed by atoms with Crippen LogP contribution in [0.4, 0.5) is 0 Å². The normalized spacial score (nSPS) is 11.8. The number of aliphatic hydroxyl groups excluding tert-OH is 1. The molecule has 2 amide bonds. The monoisotopic (exact) mass is 330 g/mol. The predicted molar refractivity (Wildman–Crippen MR) is 89.4 cm³/mol. The van der Waals surface area contributed by atoms with Gasteiger partial charge >= 0.3 is 0 Å². The zero-order valence-electron chi connectivity index (χ0n) is 13.8. The number of rotatable bonds is 7. The quantitative estimate of drug-likeness (QED) is 0.699. The van der Waals surface area contributed by atoms with Crippen molar-refractivity contribution in [2.75, 3.05) is 13.1 Å². The van der Waals surface area contributed by atoms with Crippen LogP contribution in [0.3, 0.4) is 0 Å². The van der Waals surface area contributed by atoms with Gasteiger partial charge in [-0.3, -0.25) is 14.3 Å². The van der Waals surface area contributed by atoms with Crippen LogP contribution < -0.4 is 10.6 Å². The lowest BCUT2D eigenvalue weighted by Gasteiger charge is -2.12. The number of benzene rings is 1. The fraction of sp³-hybridized carbons (Fsp3) is 0.353. The number of aryl methyl sites for hydroxylation is 2. The first-order valence-electron chi connectivity index (χ1n) is 7.83. The molecule has 7 heteroatoms. The molecule has 3 N–H and O–H groups in total. The fourth-order valence-electron chi connectivity index (χ4n) is 2.29. The van der Waals surface area contributed by atoms with Crippen molar-refractivity contribution in [3.05, 3.63) is 53.3 Å². The van der Waals surface area contributed by atoms with E-state index >= 15 is 0 Å². The van der Waals surface area contributed by atoms with E-state index in [1.807, 2.05) is 25.1 Å². The van der Waals surface area contributed by atoms with Gasteiger partial charge in [0.1, 0.15) is 5.69 Å². The lowest BCUT2D eigenvalue weighted by molar-refractivity contribution is -0.120. The van der Waals surface area contributed by atoms with Crippen molar-refractivity contribution in [3.63, 3.8) is 0 Å². The molecule has 0 aliphatic heterocycles. The molecule has 7 nitrogen and oxygen atoms in total. The van der Waals surface area contributed by atoms with Gasteiger partial charge < -0.3 is 15.7 Å². The first kappa shape index (κ1) is 17.7. The second-order valence-electron chi connectivity index (χ2n) is 5.40. The number of amides is 2. The Hall–Kier alpha value is -2.67. The summed E-state index contributed by atoms with van der Waals surface area (Å²) in [4.78, 5) is 23.9. The van der Waals surface area contributed by atoms with Gasteiger partial charge in [-0.2, -0.15) is 5.10 Å². The maximum Gasteiger partial charge on any atom is 0.269 e. The summed E-state index contributed by atoms with van der Waals surface area (Å²) in [7, 11) is 0. The van der Waals surface area contributed by atoms with Gasteiger partial charge in [-0.1, -0.05) is 30.3 Å². The Balaban J connectivity index is 1.79. The maximum atomic E-state index is 12.1. The highest BCUT2D eigenvalue weighted by Crippen LogP contribution is 2.10. The summed E-state index contributed by atoms with van der Waals surface area (Å²) in [5, 5.41) is 19.3. The zero-order valence-corrected chi connectivity index (χ0v) is 13.8. The number of hydrogen-bond acceptors (Lipinski definition) is 4. The molecule has 0 aliphatic carbocycles. The molecule has 0 bridgehead atoms. The summed E-state index contributed by atoms with van der Waals surface area (Å²) in [6.07, 6.45) is -0.782. The maximum absolute atomic E-state index is 12.1. The molecule has 0 spiro atoms.